The van der Waals surface area contributed by atoms with E-state index in [9.17, 15) is 40.8 Å². The molecule has 5 aliphatic rings. The summed E-state index contributed by atoms with van der Waals surface area (Å²) in [4.78, 5) is 67.0. The zero-order valence-electron chi connectivity index (χ0n) is 34.2. The van der Waals surface area contributed by atoms with Gasteiger partial charge >= 0.3 is 12.3 Å². The van der Waals surface area contributed by atoms with E-state index in [-0.39, 0.29) is 54.8 Å². The van der Waals surface area contributed by atoms with Gasteiger partial charge in [0, 0.05) is 23.3 Å². The minimum Gasteiger partial charge on any atom is -0.470 e. The Hall–Kier alpha value is -5.72. The maximum Gasteiger partial charge on any atom is 0.416 e. The molecule has 4 heterocycles. The average molecular weight is 893 g/mol. The lowest BCUT2D eigenvalue weighted by Gasteiger charge is -2.30. The second-order valence-corrected chi connectivity index (χ2v) is 19.2. The van der Waals surface area contributed by atoms with Crippen molar-refractivity contribution in [3.05, 3.63) is 66.2 Å². The van der Waals surface area contributed by atoms with E-state index in [0.29, 0.717) is 61.4 Å². The van der Waals surface area contributed by atoms with Gasteiger partial charge in [-0.15, -0.1) is 0 Å². The first-order valence-electron chi connectivity index (χ1n) is 21.5. The number of sulfonamides is 1. The standard InChI is InChI=1S/C44H47F3N6O9S/c45-44(46,47)26-18-16-25(17-19-26)37-49-35-31-13-8-9-15-34(31)62-36(35)39(50-37)60-29-22-33-38(54)51-43(41(56)52-63(58,59)30-20-21-30)23-27(43)10-4-2-1-3-5-14-32(40(55)53(33)24-29)48-42(57)61-28-11-6-7-12-28/h4,8-10,13,15-19,27-30,32-33H,1-3,5-7,11-12,14,20-24H2,(H,48,57)(H,51,54)(H,52,56)/b10-4-/t27-,29-,32+,33+,43-/m1/s1. The summed E-state index contributed by atoms with van der Waals surface area (Å²) >= 11 is 0. The van der Waals surface area contributed by atoms with E-state index in [4.69, 9.17) is 13.9 Å². The molecule has 15 nitrogen and oxygen atoms in total. The Morgan fingerprint density at radius 1 is 0.921 bits per heavy atom. The lowest BCUT2D eigenvalue weighted by Crippen LogP contribution is -2.58. The van der Waals surface area contributed by atoms with E-state index in [0.717, 1.165) is 31.4 Å². The molecule has 0 unspecified atom stereocenters. The largest absolute Gasteiger partial charge is 0.470 e. The van der Waals surface area contributed by atoms with Gasteiger partial charge in [0.2, 0.25) is 27.4 Å². The molecule has 4 fully saturated rings. The number of allylic oxidation sites excluding steroid dienone is 1. The fraction of sp³-hybridized carbons (Fsp3) is 0.500. The summed E-state index contributed by atoms with van der Waals surface area (Å²) in [7, 11) is -3.97. The Balaban J connectivity index is 1.05. The SMILES string of the molecule is O=C(N[C@H]1CCCCC/C=C\[C@@H]2C[C@@]2(C(=O)NS(=O)(=O)C2CC2)NC(=O)[C@@H]2C[C@@H](Oc3nc(-c4ccc(C(F)(F)F)cc4)nc4c3oc3ccccc34)CN2C1=O)OC1CCCC1. The number of carbonyl (C=O) groups excluding carboxylic acids is 4. The number of furan rings is 1. The van der Waals surface area contributed by atoms with Crippen molar-refractivity contribution in [1.29, 1.82) is 0 Å². The Morgan fingerprint density at radius 3 is 2.41 bits per heavy atom. The van der Waals surface area contributed by atoms with Gasteiger partial charge in [-0.1, -0.05) is 49.3 Å². The monoisotopic (exact) mass is 892 g/mol. The molecule has 334 valence electrons. The highest BCUT2D eigenvalue weighted by molar-refractivity contribution is 7.91. The first-order valence-corrected chi connectivity index (χ1v) is 23.1. The van der Waals surface area contributed by atoms with Crippen LogP contribution in [0.1, 0.15) is 89.0 Å². The quantitative estimate of drug-likeness (QED) is 0.164. The number of benzene rings is 2. The molecule has 4 amide bonds. The van der Waals surface area contributed by atoms with Crippen molar-refractivity contribution in [3.8, 4) is 17.3 Å². The minimum atomic E-state index is -4.57. The number of hydrogen-bond acceptors (Lipinski definition) is 11. The van der Waals surface area contributed by atoms with Gasteiger partial charge in [0.25, 0.3) is 11.8 Å². The van der Waals surface area contributed by atoms with Gasteiger partial charge in [0.15, 0.2) is 5.82 Å². The number of aromatic nitrogens is 2. The Labute approximate surface area is 360 Å². The van der Waals surface area contributed by atoms with Crippen molar-refractivity contribution in [2.45, 2.75) is 125 Å². The summed E-state index contributed by atoms with van der Waals surface area (Å²) in [6.07, 6.45) is 4.23. The van der Waals surface area contributed by atoms with Gasteiger partial charge in [0.1, 0.15) is 40.9 Å². The highest BCUT2D eigenvalue weighted by atomic mass is 32.2. The number of halogens is 3. The lowest BCUT2D eigenvalue weighted by molar-refractivity contribution is -0.141. The molecule has 3 saturated carbocycles. The van der Waals surface area contributed by atoms with Gasteiger partial charge in [0.05, 0.1) is 17.4 Å². The number of nitrogens with one attached hydrogen (secondary N) is 3. The number of amides is 4. The van der Waals surface area contributed by atoms with Crippen LogP contribution >= 0.6 is 0 Å². The topological polar surface area (TPSA) is 199 Å². The Bertz CT molecular complexity index is 2570. The summed E-state index contributed by atoms with van der Waals surface area (Å²) in [6.45, 7) is -0.188. The van der Waals surface area contributed by atoms with Gasteiger partial charge < -0.3 is 29.4 Å². The molecular formula is C44H47F3N6O9S. The number of fused-ring (bicyclic) bond motifs is 5. The van der Waals surface area contributed by atoms with Crippen molar-refractivity contribution in [2.24, 2.45) is 5.92 Å². The Kier molecular flexibility index (Phi) is 11.3. The molecule has 3 aliphatic carbocycles. The maximum absolute atomic E-state index is 14.7. The third kappa shape index (κ3) is 8.93. The summed E-state index contributed by atoms with van der Waals surface area (Å²) < 4.78 is 86.9. The van der Waals surface area contributed by atoms with Crippen molar-refractivity contribution < 1.29 is 54.7 Å². The van der Waals surface area contributed by atoms with E-state index in [1.807, 2.05) is 12.2 Å². The summed E-state index contributed by atoms with van der Waals surface area (Å²) in [5.41, 5.74) is -1.32. The lowest BCUT2D eigenvalue weighted by atomic mass is 10.0. The molecule has 9 rings (SSSR count). The van der Waals surface area contributed by atoms with Crippen LogP contribution in [0.25, 0.3) is 33.5 Å². The highest BCUT2D eigenvalue weighted by Crippen LogP contribution is 2.46. The van der Waals surface area contributed by atoms with Crippen LogP contribution in [-0.2, 0) is 35.3 Å². The molecule has 2 aliphatic heterocycles. The normalized spacial score (nSPS) is 26.6. The molecule has 0 spiro atoms. The van der Waals surface area contributed by atoms with Crippen molar-refractivity contribution in [2.75, 3.05) is 6.54 Å². The number of nitrogens with zero attached hydrogens (tertiary/aromatic N) is 3. The second-order valence-electron chi connectivity index (χ2n) is 17.2. The zero-order valence-corrected chi connectivity index (χ0v) is 35.0. The summed E-state index contributed by atoms with van der Waals surface area (Å²) in [6, 6.07) is 8.99. The molecule has 3 N–H and O–H groups in total. The first kappa shape index (κ1) is 42.6. The van der Waals surface area contributed by atoms with E-state index < -0.39 is 80.5 Å². The minimum absolute atomic E-state index is 0.0337. The van der Waals surface area contributed by atoms with Gasteiger partial charge in [-0.25, -0.2) is 18.2 Å². The fourth-order valence-corrected chi connectivity index (χ4v) is 10.3. The predicted octanol–water partition coefficient (Wildman–Crippen LogP) is 6.45. The number of hydrogen-bond donors (Lipinski definition) is 3. The van der Waals surface area contributed by atoms with Crippen LogP contribution in [-0.4, -0.2) is 88.7 Å². The number of para-hydroxylation sites is 1. The number of carbonyl (C=O) groups is 4. The first-order chi connectivity index (χ1) is 30.2. The van der Waals surface area contributed by atoms with E-state index in [2.05, 4.69) is 25.3 Å². The predicted molar refractivity (Wildman–Crippen MR) is 221 cm³/mol. The number of ether oxygens (including phenoxy) is 2. The molecule has 1 saturated heterocycles. The number of alkyl carbamates (subject to hydrolysis) is 1. The Morgan fingerprint density at radius 2 is 1.67 bits per heavy atom. The van der Waals surface area contributed by atoms with E-state index in [1.54, 1.807) is 24.3 Å². The van der Waals surface area contributed by atoms with Gasteiger partial charge in [-0.3, -0.25) is 19.1 Å². The molecule has 0 radical (unpaired) electrons. The third-order valence-electron chi connectivity index (χ3n) is 12.6. The molecular weight excluding hydrogens is 846 g/mol. The number of alkyl halides is 3. The molecule has 5 atom stereocenters. The average Bonchev–Trinajstić information content (AvgIpc) is 4.06. The van der Waals surface area contributed by atoms with Crippen molar-refractivity contribution >= 4 is 55.9 Å². The zero-order chi connectivity index (χ0) is 44.1. The number of rotatable bonds is 8. The summed E-state index contributed by atoms with van der Waals surface area (Å²) in [5.74, 6) is -2.73. The second kappa shape index (κ2) is 16.8. The molecule has 2 aromatic heterocycles. The van der Waals surface area contributed by atoms with Crippen LogP contribution < -0.4 is 20.1 Å². The van der Waals surface area contributed by atoms with Gasteiger partial charge in [-0.05, 0) is 88.5 Å². The molecule has 2 aromatic carbocycles. The van der Waals surface area contributed by atoms with Crippen LogP contribution in [0.5, 0.6) is 5.88 Å². The summed E-state index contributed by atoms with van der Waals surface area (Å²) in [5, 5.41) is 5.50. The third-order valence-corrected chi connectivity index (χ3v) is 14.5. The van der Waals surface area contributed by atoms with Crippen molar-refractivity contribution in [1.82, 2.24) is 30.2 Å². The van der Waals surface area contributed by atoms with E-state index in [1.165, 1.54) is 17.0 Å². The van der Waals surface area contributed by atoms with Crippen LogP contribution in [0.2, 0.25) is 0 Å². The van der Waals surface area contributed by atoms with Crippen LogP contribution in [0.15, 0.2) is 65.1 Å². The van der Waals surface area contributed by atoms with E-state index >= 15 is 0 Å². The van der Waals surface area contributed by atoms with Gasteiger partial charge in [-0.2, -0.15) is 18.2 Å². The maximum atomic E-state index is 14.7. The molecule has 63 heavy (non-hydrogen) atoms. The molecule has 19 heteroatoms. The molecule has 0 bridgehead atoms. The van der Waals surface area contributed by atoms with Crippen LogP contribution in [0.4, 0.5) is 18.0 Å². The van der Waals surface area contributed by atoms with Crippen LogP contribution in [0.3, 0.4) is 0 Å². The highest BCUT2D eigenvalue weighted by Gasteiger charge is 2.62. The van der Waals surface area contributed by atoms with Crippen LogP contribution in [0, 0.1) is 5.92 Å². The van der Waals surface area contributed by atoms with Crippen molar-refractivity contribution in [3.63, 3.8) is 0 Å². The molecule has 4 aromatic rings. The smallest absolute Gasteiger partial charge is 0.416 e. The fourth-order valence-electron chi connectivity index (χ4n) is 8.92.